The highest BCUT2D eigenvalue weighted by atomic mass is 19.1. The summed E-state index contributed by atoms with van der Waals surface area (Å²) in [6, 6.07) is 14.3. The predicted octanol–water partition coefficient (Wildman–Crippen LogP) is 4.28. The molecule has 0 unspecified atom stereocenters. The van der Waals surface area contributed by atoms with Crippen LogP contribution in [0.5, 0.6) is 5.75 Å². The summed E-state index contributed by atoms with van der Waals surface area (Å²) in [6.45, 7) is 0.647. The maximum absolute atomic E-state index is 13.6. The number of ether oxygens (including phenoxy) is 1. The van der Waals surface area contributed by atoms with E-state index in [0.29, 0.717) is 6.54 Å². The van der Waals surface area contributed by atoms with Crippen LogP contribution in [0.4, 0.5) is 20.2 Å². The number of rotatable bonds is 7. The largest absolute Gasteiger partial charge is 0.496 e. The van der Waals surface area contributed by atoms with Gasteiger partial charge in [-0.2, -0.15) is 0 Å². The molecule has 0 fully saturated rings. The third kappa shape index (κ3) is 4.62. The van der Waals surface area contributed by atoms with Crippen molar-refractivity contribution in [2.24, 2.45) is 0 Å². The second-order valence-corrected chi connectivity index (χ2v) is 5.97. The molecule has 7 heteroatoms. The van der Waals surface area contributed by atoms with Crippen molar-refractivity contribution < 1.29 is 18.3 Å². The number of aromatic nitrogens is 1. The Morgan fingerprint density at radius 2 is 1.79 bits per heavy atom. The van der Waals surface area contributed by atoms with Gasteiger partial charge in [0.25, 0.3) is 5.91 Å². The summed E-state index contributed by atoms with van der Waals surface area (Å²) < 4.78 is 32.6. The van der Waals surface area contributed by atoms with Crippen molar-refractivity contribution in [1.29, 1.82) is 0 Å². The maximum atomic E-state index is 13.6. The number of nitrogens with one attached hydrogen (secondary N) is 2. The summed E-state index contributed by atoms with van der Waals surface area (Å²) >= 11 is 0. The lowest BCUT2D eigenvalue weighted by molar-refractivity contribution is 0.102. The van der Waals surface area contributed by atoms with Gasteiger partial charge in [-0.05, 0) is 42.3 Å². The number of benzene rings is 2. The molecular formula is C21H19F2N3O2. The summed E-state index contributed by atoms with van der Waals surface area (Å²) in [6.07, 6.45) is 2.24. The highest BCUT2D eigenvalue weighted by Gasteiger charge is 2.14. The molecule has 0 bridgehead atoms. The van der Waals surface area contributed by atoms with Crippen molar-refractivity contribution in [3.05, 3.63) is 83.7 Å². The smallest absolute Gasteiger partial charge is 0.274 e. The van der Waals surface area contributed by atoms with Crippen molar-refractivity contribution in [2.75, 3.05) is 24.3 Å². The molecule has 0 spiro atoms. The zero-order valence-corrected chi connectivity index (χ0v) is 15.2. The number of nitrogens with zero attached hydrogens (tertiary/aromatic N) is 1. The molecule has 144 valence electrons. The third-order valence-corrected chi connectivity index (χ3v) is 4.11. The van der Waals surface area contributed by atoms with Crippen LogP contribution in [0.1, 0.15) is 16.1 Å². The highest BCUT2D eigenvalue weighted by Crippen LogP contribution is 2.20. The lowest BCUT2D eigenvalue weighted by atomic mass is 10.1. The van der Waals surface area contributed by atoms with E-state index >= 15 is 0 Å². The molecule has 2 N–H and O–H groups in total. The monoisotopic (exact) mass is 383 g/mol. The Kier molecular flexibility index (Phi) is 6.16. The Hall–Kier alpha value is -3.48. The van der Waals surface area contributed by atoms with Crippen molar-refractivity contribution in [1.82, 2.24) is 4.98 Å². The van der Waals surface area contributed by atoms with E-state index in [1.54, 1.807) is 13.2 Å². The molecule has 0 atom stereocenters. The number of hydrogen-bond acceptors (Lipinski definition) is 4. The molecule has 0 saturated heterocycles. The van der Waals surface area contributed by atoms with E-state index in [9.17, 15) is 13.6 Å². The fraction of sp³-hybridized carbons (Fsp3) is 0.143. The normalized spacial score (nSPS) is 10.4. The van der Waals surface area contributed by atoms with E-state index < -0.39 is 23.2 Å². The van der Waals surface area contributed by atoms with Crippen LogP contribution >= 0.6 is 0 Å². The molecule has 5 nitrogen and oxygen atoms in total. The molecule has 0 radical (unpaired) electrons. The topological polar surface area (TPSA) is 63.2 Å². The maximum Gasteiger partial charge on any atom is 0.274 e. The number of amides is 1. The quantitative estimate of drug-likeness (QED) is 0.639. The van der Waals surface area contributed by atoms with Crippen LogP contribution in [0.15, 0.2) is 60.8 Å². The molecule has 28 heavy (non-hydrogen) atoms. The second-order valence-electron chi connectivity index (χ2n) is 5.97. The van der Waals surface area contributed by atoms with Gasteiger partial charge in [0.05, 0.1) is 19.0 Å². The first-order valence-electron chi connectivity index (χ1n) is 8.65. The lowest BCUT2D eigenvalue weighted by Crippen LogP contribution is -2.16. The number of hydrogen-bond donors (Lipinski definition) is 2. The number of carbonyl (C=O) groups is 1. The molecule has 3 aromatic rings. The van der Waals surface area contributed by atoms with Crippen molar-refractivity contribution in [3.63, 3.8) is 0 Å². The summed E-state index contributed by atoms with van der Waals surface area (Å²) in [7, 11) is 1.63. The lowest BCUT2D eigenvalue weighted by Gasteiger charge is -2.10. The van der Waals surface area contributed by atoms with E-state index in [1.165, 1.54) is 18.3 Å². The van der Waals surface area contributed by atoms with Crippen LogP contribution in [-0.4, -0.2) is 24.5 Å². The third-order valence-electron chi connectivity index (χ3n) is 4.11. The Labute approximate surface area is 161 Å². The minimum absolute atomic E-state index is 0.0536. The fourth-order valence-corrected chi connectivity index (χ4v) is 2.68. The van der Waals surface area contributed by atoms with E-state index in [2.05, 4.69) is 15.6 Å². The summed E-state index contributed by atoms with van der Waals surface area (Å²) in [5, 5.41) is 5.41. The van der Waals surface area contributed by atoms with Gasteiger partial charge >= 0.3 is 0 Å². The average Bonchev–Trinajstić information content (AvgIpc) is 2.71. The predicted molar refractivity (Wildman–Crippen MR) is 104 cm³/mol. The second kappa shape index (κ2) is 8.94. The first-order chi connectivity index (χ1) is 13.6. The number of methoxy groups -OCH3 is 1. The molecule has 1 heterocycles. The van der Waals surface area contributed by atoms with Gasteiger partial charge in [0.2, 0.25) is 0 Å². The zero-order chi connectivity index (χ0) is 19.9. The summed E-state index contributed by atoms with van der Waals surface area (Å²) in [4.78, 5) is 16.2. The van der Waals surface area contributed by atoms with Gasteiger partial charge < -0.3 is 15.4 Å². The standard InChI is InChI=1S/C21H19F2N3O2/c1-28-19-8-3-2-5-14(19)11-12-24-15-9-10-18(25-13-15)21(27)26-20-16(22)6-4-7-17(20)23/h2-10,13,24H,11-12H2,1H3,(H,26,27). The van der Waals surface area contributed by atoms with Gasteiger partial charge in [-0.25, -0.2) is 13.8 Å². The zero-order valence-electron chi connectivity index (χ0n) is 15.2. The number of anilines is 2. The SMILES string of the molecule is COc1ccccc1CCNc1ccc(C(=O)Nc2c(F)cccc2F)nc1. The Balaban J connectivity index is 1.58. The number of para-hydroxylation sites is 2. The van der Waals surface area contributed by atoms with E-state index in [0.717, 1.165) is 35.6 Å². The van der Waals surface area contributed by atoms with Crippen molar-refractivity contribution in [2.45, 2.75) is 6.42 Å². The van der Waals surface area contributed by atoms with Crippen LogP contribution in [0.25, 0.3) is 0 Å². The molecule has 0 saturated carbocycles. The summed E-state index contributed by atoms with van der Waals surface area (Å²) in [5.41, 5.74) is 1.36. The Morgan fingerprint density at radius 3 is 2.46 bits per heavy atom. The number of carbonyl (C=O) groups excluding carboxylic acids is 1. The van der Waals surface area contributed by atoms with Gasteiger partial charge in [0, 0.05) is 6.54 Å². The average molecular weight is 383 g/mol. The van der Waals surface area contributed by atoms with Gasteiger partial charge in [-0.15, -0.1) is 0 Å². The summed E-state index contributed by atoms with van der Waals surface area (Å²) in [5.74, 6) is -1.55. The van der Waals surface area contributed by atoms with Gasteiger partial charge in [0.1, 0.15) is 28.8 Å². The fourth-order valence-electron chi connectivity index (χ4n) is 2.68. The van der Waals surface area contributed by atoms with Gasteiger partial charge in [-0.1, -0.05) is 24.3 Å². The van der Waals surface area contributed by atoms with E-state index in [1.807, 2.05) is 24.3 Å². The van der Waals surface area contributed by atoms with Crippen LogP contribution in [-0.2, 0) is 6.42 Å². The van der Waals surface area contributed by atoms with Gasteiger partial charge in [-0.3, -0.25) is 4.79 Å². The molecule has 0 aliphatic carbocycles. The van der Waals surface area contributed by atoms with Crippen LogP contribution < -0.4 is 15.4 Å². The molecule has 0 aliphatic heterocycles. The van der Waals surface area contributed by atoms with Crippen LogP contribution in [0, 0.1) is 11.6 Å². The minimum Gasteiger partial charge on any atom is -0.496 e. The van der Waals surface area contributed by atoms with Gasteiger partial charge in [0.15, 0.2) is 0 Å². The Bertz CT molecular complexity index is 942. The molecule has 3 rings (SSSR count). The molecule has 1 amide bonds. The number of pyridine rings is 1. The van der Waals surface area contributed by atoms with Crippen molar-refractivity contribution in [3.8, 4) is 5.75 Å². The molecule has 1 aromatic heterocycles. The number of halogens is 2. The first kappa shape index (κ1) is 19.3. The molecule has 2 aromatic carbocycles. The first-order valence-corrected chi connectivity index (χ1v) is 8.65. The molecular weight excluding hydrogens is 364 g/mol. The van der Waals surface area contributed by atoms with Crippen molar-refractivity contribution >= 4 is 17.3 Å². The van der Waals surface area contributed by atoms with E-state index in [4.69, 9.17) is 4.74 Å². The highest BCUT2D eigenvalue weighted by molar-refractivity contribution is 6.03. The van der Waals surface area contributed by atoms with E-state index in [-0.39, 0.29) is 5.69 Å². The Morgan fingerprint density at radius 1 is 1.04 bits per heavy atom. The molecule has 0 aliphatic rings. The van der Waals surface area contributed by atoms with Crippen LogP contribution in [0.2, 0.25) is 0 Å². The van der Waals surface area contributed by atoms with Crippen LogP contribution in [0.3, 0.4) is 0 Å². The minimum atomic E-state index is -0.844.